The van der Waals surface area contributed by atoms with Gasteiger partial charge in [0.1, 0.15) is 17.9 Å². The number of sulfone groups is 1. The summed E-state index contributed by atoms with van der Waals surface area (Å²) >= 11 is 0. The minimum absolute atomic E-state index is 0.0408. The molecule has 68 valence electrons. The Kier molecular flexibility index (Phi) is 2.46. The van der Waals surface area contributed by atoms with Crippen LogP contribution in [0.3, 0.4) is 0 Å². The molecule has 0 spiro atoms. The summed E-state index contributed by atoms with van der Waals surface area (Å²) in [4.78, 5) is 0. The van der Waals surface area contributed by atoms with Crippen molar-refractivity contribution in [3.8, 4) is 0 Å². The second-order valence-corrected chi connectivity index (χ2v) is 4.74. The van der Waals surface area contributed by atoms with Gasteiger partial charge in [-0.2, -0.15) is 0 Å². The first-order valence-corrected chi connectivity index (χ1v) is 5.63. The van der Waals surface area contributed by atoms with Crippen LogP contribution in [0, 0.1) is 0 Å². The quantitative estimate of drug-likeness (QED) is 0.663. The molecule has 0 amide bonds. The molecule has 0 bridgehead atoms. The maximum atomic E-state index is 10.9. The number of aryl methyl sites for hydroxylation is 1. The monoisotopic (exact) mass is 189 g/mol. The summed E-state index contributed by atoms with van der Waals surface area (Å²) in [7, 11) is -3.00. The van der Waals surface area contributed by atoms with E-state index >= 15 is 0 Å². The minimum Gasteiger partial charge on any atom is -0.317 e. The molecule has 0 saturated carbocycles. The van der Waals surface area contributed by atoms with Gasteiger partial charge in [-0.1, -0.05) is 0 Å². The third-order valence-corrected chi connectivity index (χ3v) is 2.21. The van der Waals surface area contributed by atoms with Crippen molar-refractivity contribution in [2.45, 2.75) is 19.2 Å². The molecule has 0 N–H and O–H groups in total. The van der Waals surface area contributed by atoms with Crippen molar-refractivity contribution in [1.82, 2.24) is 14.8 Å². The number of rotatable bonds is 3. The molecule has 0 unspecified atom stereocenters. The first kappa shape index (κ1) is 9.18. The van der Waals surface area contributed by atoms with Gasteiger partial charge in [0.25, 0.3) is 0 Å². The Bertz CT molecular complexity index is 355. The van der Waals surface area contributed by atoms with Crippen molar-refractivity contribution in [2.24, 2.45) is 0 Å². The fourth-order valence-electron chi connectivity index (χ4n) is 0.889. The molecule has 1 rings (SSSR count). The van der Waals surface area contributed by atoms with Gasteiger partial charge in [-0.3, -0.25) is 0 Å². The van der Waals surface area contributed by atoms with Gasteiger partial charge >= 0.3 is 0 Å². The highest BCUT2D eigenvalue weighted by atomic mass is 32.2. The predicted octanol–water partition coefficient (Wildman–Crippen LogP) is -0.157. The molecule has 12 heavy (non-hydrogen) atoms. The van der Waals surface area contributed by atoms with Crippen molar-refractivity contribution in [3.63, 3.8) is 0 Å². The molecular weight excluding hydrogens is 178 g/mol. The smallest absolute Gasteiger partial charge is 0.154 e. The molecule has 0 radical (unpaired) electrons. The summed E-state index contributed by atoms with van der Waals surface area (Å²) in [6.07, 6.45) is 2.71. The maximum Gasteiger partial charge on any atom is 0.154 e. The van der Waals surface area contributed by atoms with E-state index in [9.17, 15) is 8.42 Å². The van der Waals surface area contributed by atoms with Crippen LogP contribution in [0.15, 0.2) is 6.33 Å². The number of aromatic nitrogens is 3. The summed E-state index contributed by atoms with van der Waals surface area (Å²) in [5.74, 6) is 0.459. The van der Waals surface area contributed by atoms with Crippen LogP contribution in [0.2, 0.25) is 0 Å². The molecule has 0 aliphatic rings. The van der Waals surface area contributed by atoms with Gasteiger partial charge in [-0.05, 0) is 6.92 Å². The topological polar surface area (TPSA) is 64.8 Å². The van der Waals surface area contributed by atoms with Crippen LogP contribution in [0.25, 0.3) is 0 Å². The molecule has 0 atom stereocenters. The molecule has 1 heterocycles. The van der Waals surface area contributed by atoms with Crippen LogP contribution in [0.4, 0.5) is 0 Å². The zero-order valence-corrected chi connectivity index (χ0v) is 7.87. The first-order chi connectivity index (χ1) is 5.53. The van der Waals surface area contributed by atoms with Gasteiger partial charge in [-0.25, -0.2) is 8.42 Å². The van der Waals surface area contributed by atoms with Gasteiger partial charge in [0.2, 0.25) is 0 Å². The van der Waals surface area contributed by atoms with Crippen molar-refractivity contribution in [2.75, 3.05) is 6.26 Å². The average molecular weight is 189 g/mol. The normalized spacial score (nSPS) is 11.8. The Morgan fingerprint density at radius 2 is 2.25 bits per heavy atom. The van der Waals surface area contributed by atoms with Crippen molar-refractivity contribution in [1.29, 1.82) is 0 Å². The number of nitrogens with zero attached hydrogens (tertiary/aromatic N) is 3. The zero-order valence-electron chi connectivity index (χ0n) is 7.06. The first-order valence-electron chi connectivity index (χ1n) is 3.57. The van der Waals surface area contributed by atoms with E-state index in [0.29, 0.717) is 12.4 Å². The average Bonchev–Trinajstić information content (AvgIpc) is 2.31. The maximum absolute atomic E-state index is 10.9. The lowest BCUT2D eigenvalue weighted by molar-refractivity contribution is 0.596. The van der Waals surface area contributed by atoms with Crippen LogP contribution < -0.4 is 0 Å². The van der Waals surface area contributed by atoms with Crippen molar-refractivity contribution in [3.05, 3.63) is 12.2 Å². The van der Waals surface area contributed by atoms with Crippen LogP contribution in [0.5, 0.6) is 0 Å². The molecule has 0 aliphatic carbocycles. The second-order valence-electron chi connectivity index (χ2n) is 2.60. The SMILES string of the molecule is CCn1cnnc1CS(C)(=O)=O. The van der Waals surface area contributed by atoms with Crippen LogP contribution >= 0.6 is 0 Å². The Morgan fingerprint density at radius 3 is 2.75 bits per heavy atom. The van der Waals surface area contributed by atoms with Gasteiger partial charge in [0, 0.05) is 12.8 Å². The van der Waals surface area contributed by atoms with Crippen LogP contribution in [-0.2, 0) is 22.1 Å². The Labute approximate surface area is 71.3 Å². The standard InChI is InChI=1S/C6H11N3O2S/c1-3-9-5-7-8-6(9)4-12(2,10)11/h5H,3-4H2,1-2H3. The molecule has 0 saturated heterocycles. The van der Waals surface area contributed by atoms with E-state index in [1.807, 2.05) is 6.92 Å². The van der Waals surface area contributed by atoms with Crippen molar-refractivity contribution >= 4 is 9.84 Å². The highest BCUT2D eigenvalue weighted by Gasteiger charge is 2.09. The van der Waals surface area contributed by atoms with Crippen molar-refractivity contribution < 1.29 is 8.42 Å². The van der Waals surface area contributed by atoms with Crippen LogP contribution in [0.1, 0.15) is 12.7 Å². The number of hydrogen-bond donors (Lipinski definition) is 0. The lowest BCUT2D eigenvalue weighted by Gasteiger charge is -2.00. The van der Waals surface area contributed by atoms with E-state index < -0.39 is 9.84 Å². The van der Waals surface area contributed by atoms with Gasteiger partial charge in [0.05, 0.1) is 0 Å². The van der Waals surface area contributed by atoms with E-state index in [-0.39, 0.29) is 5.75 Å². The zero-order chi connectivity index (χ0) is 9.19. The van der Waals surface area contributed by atoms with E-state index in [0.717, 1.165) is 0 Å². The lowest BCUT2D eigenvalue weighted by atomic mass is 10.6. The predicted molar refractivity (Wildman–Crippen MR) is 44.2 cm³/mol. The molecule has 1 aromatic heterocycles. The minimum atomic E-state index is -3.00. The third kappa shape index (κ3) is 2.30. The highest BCUT2D eigenvalue weighted by Crippen LogP contribution is 2.00. The van der Waals surface area contributed by atoms with Gasteiger partial charge < -0.3 is 4.57 Å². The van der Waals surface area contributed by atoms with E-state index in [2.05, 4.69) is 10.2 Å². The molecule has 0 aliphatic heterocycles. The van der Waals surface area contributed by atoms with E-state index in [1.165, 1.54) is 12.6 Å². The Balaban J connectivity index is 2.89. The summed E-state index contributed by atoms with van der Waals surface area (Å²) in [5.41, 5.74) is 0. The summed E-state index contributed by atoms with van der Waals surface area (Å²) in [5, 5.41) is 7.33. The van der Waals surface area contributed by atoms with Gasteiger partial charge in [0.15, 0.2) is 9.84 Å². The van der Waals surface area contributed by atoms with E-state index in [1.54, 1.807) is 4.57 Å². The largest absolute Gasteiger partial charge is 0.317 e. The lowest BCUT2D eigenvalue weighted by Crippen LogP contribution is -2.07. The molecule has 6 heteroatoms. The summed E-state index contributed by atoms with van der Waals surface area (Å²) < 4.78 is 23.5. The fraction of sp³-hybridized carbons (Fsp3) is 0.667. The summed E-state index contributed by atoms with van der Waals surface area (Å²) in [6.45, 7) is 2.60. The van der Waals surface area contributed by atoms with Crippen LogP contribution in [-0.4, -0.2) is 29.4 Å². The highest BCUT2D eigenvalue weighted by molar-refractivity contribution is 7.89. The molecule has 5 nitrogen and oxygen atoms in total. The molecule has 1 aromatic rings. The van der Waals surface area contributed by atoms with E-state index in [4.69, 9.17) is 0 Å². The number of hydrogen-bond acceptors (Lipinski definition) is 4. The third-order valence-electron chi connectivity index (χ3n) is 1.43. The molecular formula is C6H11N3O2S. The Morgan fingerprint density at radius 1 is 1.58 bits per heavy atom. The molecule has 0 aromatic carbocycles. The summed E-state index contributed by atoms with van der Waals surface area (Å²) in [6, 6.07) is 0. The molecule has 0 fully saturated rings. The second kappa shape index (κ2) is 3.22. The Hall–Kier alpha value is -0.910. The van der Waals surface area contributed by atoms with Gasteiger partial charge in [-0.15, -0.1) is 10.2 Å². The fourth-order valence-corrected chi connectivity index (χ4v) is 1.58.